The van der Waals surface area contributed by atoms with Gasteiger partial charge < -0.3 is 13.6 Å². The number of fused-ring (bicyclic) bond motifs is 12. The highest BCUT2D eigenvalue weighted by Gasteiger charge is 2.22. The molecule has 0 aliphatic heterocycles. The molecule has 468 valence electrons. The van der Waals surface area contributed by atoms with Crippen LogP contribution in [0, 0.1) is 0 Å². The van der Waals surface area contributed by atoms with Gasteiger partial charge in [-0.15, -0.1) is 11.3 Å². The molecule has 6 heterocycles. The summed E-state index contributed by atoms with van der Waals surface area (Å²) in [6.07, 6.45) is 0. The Labute approximate surface area is 578 Å². The predicted octanol–water partition coefficient (Wildman–Crippen LogP) is 23.5. The van der Waals surface area contributed by atoms with Crippen molar-refractivity contribution in [3.8, 4) is 102 Å². The number of thiophene rings is 1. The fourth-order valence-corrected chi connectivity index (χ4v) is 15.4. The van der Waals surface area contributed by atoms with Gasteiger partial charge in [0, 0.05) is 91.7 Å². The highest BCUT2D eigenvalue weighted by Crippen LogP contribution is 2.44. The van der Waals surface area contributed by atoms with Crippen LogP contribution in [0.1, 0.15) is 0 Å². The lowest BCUT2D eigenvalue weighted by molar-refractivity contribution is 0.669. The van der Waals surface area contributed by atoms with Crippen LogP contribution < -0.4 is 0 Å². The Balaban J connectivity index is 0.000000139. The molecule has 0 saturated carbocycles. The first-order valence-electron chi connectivity index (χ1n) is 33.4. The topological polar surface area (TPSA) is 100 Å². The molecule has 0 aliphatic carbocycles. The van der Waals surface area contributed by atoms with Crippen LogP contribution in [0.2, 0.25) is 0 Å². The first-order valence-corrected chi connectivity index (χ1v) is 34.2. The van der Waals surface area contributed by atoms with Gasteiger partial charge >= 0.3 is 0 Å². The average molecular weight is 1300 g/mol. The van der Waals surface area contributed by atoms with E-state index in [0.717, 1.165) is 72.1 Å². The Hall–Kier alpha value is -13.3. The minimum Gasteiger partial charge on any atom is -0.455 e. The molecule has 14 aromatic carbocycles. The second-order valence-electron chi connectivity index (χ2n) is 24.9. The molecule has 0 amide bonds. The number of hydrogen-bond acceptors (Lipinski definition) is 8. The molecule has 10 heteroatoms. The summed E-state index contributed by atoms with van der Waals surface area (Å²) in [6.45, 7) is 0. The first-order chi connectivity index (χ1) is 49.6. The molecule has 0 radical (unpaired) electrons. The van der Waals surface area contributed by atoms with Gasteiger partial charge in [0.05, 0.1) is 27.6 Å². The van der Waals surface area contributed by atoms with Crippen molar-refractivity contribution < 1.29 is 4.42 Å². The van der Waals surface area contributed by atoms with Crippen LogP contribution in [0.25, 0.3) is 188 Å². The zero-order valence-electron chi connectivity index (χ0n) is 53.7. The van der Waals surface area contributed by atoms with Gasteiger partial charge in [-0.05, 0) is 119 Å². The third kappa shape index (κ3) is 10.2. The molecule has 0 spiro atoms. The van der Waals surface area contributed by atoms with Gasteiger partial charge in [0.2, 0.25) is 0 Å². The summed E-state index contributed by atoms with van der Waals surface area (Å²) in [4.78, 5) is 29.8. The quantitative estimate of drug-likeness (QED) is 0.134. The molecule has 0 saturated heterocycles. The number of rotatable bonds is 10. The summed E-state index contributed by atoms with van der Waals surface area (Å²) in [7, 11) is 0. The summed E-state index contributed by atoms with van der Waals surface area (Å²) in [6, 6.07) is 118. The summed E-state index contributed by atoms with van der Waals surface area (Å²) in [5.74, 6) is 3.82. The number of hydrogen-bond donors (Lipinski definition) is 0. The SMILES string of the molecule is c1ccc(-c2nc(-c3ccccc3)nc(-c3cccc4c3oc3ccc(-c5ccc6c(c5)c5ccccc5n6-c5ccccc5)cc34)n2)cc1.c1ccc(-c2nc(-c3ccccc3)nc(-c3cccc4c3sc3ccc(-c5ccc6c(c5)c5ccccc5n6-c5ccccc5)cc34)n2)cc1. The zero-order chi connectivity index (χ0) is 66.0. The molecule has 0 atom stereocenters. The van der Waals surface area contributed by atoms with Crippen molar-refractivity contribution in [1.29, 1.82) is 0 Å². The molecule has 0 bridgehead atoms. The largest absolute Gasteiger partial charge is 0.455 e. The first kappa shape index (κ1) is 58.1. The predicted molar refractivity (Wildman–Crippen MR) is 412 cm³/mol. The van der Waals surface area contributed by atoms with Crippen LogP contribution in [0.15, 0.2) is 344 Å². The Kier molecular flexibility index (Phi) is 14.2. The minimum atomic E-state index is 0.572. The molecular formula is C90H56N8OS. The summed E-state index contributed by atoms with van der Waals surface area (Å²) in [5, 5.41) is 9.45. The van der Waals surface area contributed by atoms with Crippen molar-refractivity contribution in [1.82, 2.24) is 39.0 Å². The molecule has 20 rings (SSSR count). The van der Waals surface area contributed by atoms with E-state index in [4.69, 9.17) is 34.3 Å². The van der Waals surface area contributed by atoms with E-state index in [-0.39, 0.29) is 0 Å². The molecule has 0 unspecified atom stereocenters. The third-order valence-corrected chi connectivity index (χ3v) is 20.1. The maximum atomic E-state index is 6.60. The maximum absolute atomic E-state index is 6.60. The average Bonchev–Trinajstić information content (AvgIpc) is 1.59. The van der Waals surface area contributed by atoms with Gasteiger partial charge in [0.15, 0.2) is 34.9 Å². The van der Waals surface area contributed by atoms with E-state index >= 15 is 0 Å². The Morgan fingerprint density at radius 2 is 0.580 bits per heavy atom. The molecule has 9 nitrogen and oxygen atoms in total. The Bertz CT molecular complexity index is 6000. The fourth-order valence-electron chi connectivity index (χ4n) is 14.2. The van der Waals surface area contributed by atoms with Crippen LogP contribution in [-0.4, -0.2) is 39.0 Å². The van der Waals surface area contributed by atoms with E-state index in [1.54, 1.807) is 11.3 Å². The van der Waals surface area contributed by atoms with Crippen molar-refractivity contribution in [2.75, 3.05) is 0 Å². The van der Waals surface area contributed by atoms with Crippen molar-refractivity contribution >= 4 is 97.1 Å². The van der Waals surface area contributed by atoms with Crippen molar-refractivity contribution in [3.05, 3.63) is 340 Å². The van der Waals surface area contributed by atoms with Gasteiger partial charge in [-0.1, -0.05) is 243 Å². The van der Waals surface area contributed by atoms with Gasteiger partial charge in [0.1, 0.15) is 11.2 Å². The lowest BCUT2D eigenvalue weighted by atomic mass is 10.00. The molecule has 100 heavy (non-hydrogen) atoms. The highest BCUT2D eigenvalue weighted by molar-refractivity contribution is 7.26. The second kappa shape index (κ2) is 24.4. The van der Waals surface area contributed by atoms with Crippen molar-refractivity contribution in [3.63, 3.8) is 0 Å². The summed E-state index contributed by atoms with van der Waals surface area (Å²) < 4.78 is 13.7. The summed E-state index contributed by atoms with van der Waals surface area (Å²) in [5.41, 5.74) is 19.0. The minimum absolute atomic E-state index is 0.572. The second-order valence-corrected chi connectivity index (χ2v) is 26.0. The van der Waals surface area contributed by atoms with E-state index in [1.165, 1.54) is 80.6 Å². The lowest BCUT2D eigenvalue weighted by Gasteiger charge is -2.09. The van der Waals surface area contributed by atoms with Gasteiger partial charge in [0.25, 0.3) is 0 Å². The zero-order valence-corrected chi connectivity index (χ0v) is 54.5. The lowest BCUT2D eigenvalue weighted by Crippen LogP contribution is -2.00. The number of furan rings is 1. The van der Waals surface area contributed by atoms with Crippen LogP contribution in [0.5, 0.6) is 0 Å². The van der Waals surface area contributed by atoms with E-state index in [9.17, 15) is 0 Å². The van der Waals surface area contributed by atoms with Crippen LogP contribution in [0.3, 0.4) is 0 Å². The van der Waals surface area contributed by atoms with Crippen molar-refractivity contribution in [2.24, 2.45) is 0 Å². The van der Waals surface area contributed by atoms with Gasteiger partial charge in [-0.3, -0.25) is 0 Å². The molecule has 0 N–H and O–H groups in total. The van der Waals surface area contributed by atoms with Gasteiger partial charge in [-0.25, -0.2) is 29.9 Å². The normalized spacial score (nSPS) is 11.6. The van der Waals surface area contributed by atoms with E-state index in [1.807, 2.05) is 127 Å². The number of aromatic nitrogens is 8. The van der Waals surface area contributed by atoms with Crippen LogP contribution in [0.4, 0.5) is 0 Å². The molecule has 20 aromatic rings. The molecule has 0 fully saturated rings. The number of para-hydroxylation sites is 5. The fraction of sp³-hybridized carbons (Fsp3) is 0. The molecule has 6 aromatic heterocycles. The van der Waals surface area contributed by atoms with Gasteiger partial charge in [-0.2, -0.15) is 0 Å². The smallest absolute Gasteiger partial charge is 0.167 e. The van der Waals surface area contributed by atoms with Crippen molar-refractivity contribution in [2.45, 2.75) is 0 Å². The standard InChI is InChI=1S/C45H28N4O.C45H28N4S/c2*1-4-13-29(14-5-1)43-46-44(30-15-6-2-7-16-30)48-45(47-43)36-21-12-20-35-38-28-32(24-26-41(38)50-42(35)36)31-23-25-40-37(27-31)34-19-10-11-22-39(34)49(40)33-17-8-3-9-18-33/h2*1-28H. The monoisotopic (exact) mass is 1300 g/mol. The number of nitrogens with zero attached hydrogens (tertiary/aromatic N) is 8. The Morgan fingerprint density at radius 1 is 0.230 bits per heavy atom. The van der Waals surface area contributed by atoms with Crippen LogP contribution in [-0.2, 0) is 0 Å². The maximum Gasteiger partial charge on any atom is 0.167 e. The van der Waals surface area contributed by atoms with Crippen LogP contribution >= 0.6 is 11.3 Å². The third-order valence-electron chi connectivity index (χ3n) is 18.9. The summed E-state index contributed by atoms with van der Waals surface area (Å²) >= 11 is 1.79. The molecule has 0 aliphatic rings. The Morgan fingerprint density at radius 3 is 1.06 bits per heavy atom. The van der Waals surface area contributed by atoms with E-state index < -0.39 is 0 Å². The van der Waals surface area contributed by atoms with E-state index in [0.29, 0.717) is 34.9 Å². The molecular weight excluding hydrogens is 1240 g/mol. The number of benzene rings is 14. The highest BCUT2D eigenvalue weighted by atomic mass is 32.1. The van der Waals surface area contributed by atoms with E-state index in [2.05, 4.69) is 221 Å².